The monoisotopic (exact) mass is 330 g/mol. The van der Waals surface area contributed by atoms with Crippen molar-refractivity contribution in [3.63, 3.8) is 0 Å². The van der Waals surface area contributed by atoms with E-state index in [0.717, 1.165) is 31.7 Å². The molecule has 6 heteroatoms. The lowest BCUT2D eigenvalue weighted by molar-refractivity contribution is 0.0385. The lowest BCUT2D eigenvalue weighted by Gasteiger charge is -2.39. The van der Waals surface area contributed by atoms with E-state index in [0.29, 0.717) is 24.3 Å². The molecule has 0 amide bonds. The molecule has 2 unspecified atom stereocenters. The minimum Gasteiger partial charge on any atom is -0.392 e. The molecule has 2 atom stereocenters. The highest BCUT2D eigenvalue weighted by molar-refractivity contribution is 5.54. The van der Waals surface area contributed by atoms with Gasteiger partial charge >= 0.3 is 0 Å². The predicted molar refractivity (Wildman–Crippen MR) is 92.5 cm³/mol. The lowest BCUT2D eigenvalue weighted by Crippen LogP contribution is -2.53. The van der Waals surface area contributed by atoms with Gasteiger partial charge in [-0.25, -0.2) is 0 Å². The molecule has 2 heterocycles. The van der Waals surface area contributed by atoms with Crippen LogP contribution in [-0.2, 0) is 6.54 Å². The Morgan fingerprint density at radius 2 is 2.04 bits per heavy atom. The molecule has 1 N–H and O–H groups in total. The average Bonchev–Trinajstić information content (AvgIpc) is 2.99. The first-order chi connectivity index (χ1) is 11.5. The van der Waals surface area contributed by atoms with Gasteiger partial charge in [-0.3, -0.25) is 9.80 Å². The molecule has 0 saturated carbocycles. The number of aliphatic hydroxyl groups excluding tert-OH is 1. The van der Waals surface area contributed by atoms with Gasteiger partial charge in [-0.1, -0.05) is 35.0 Å². The van der Waals surface area contributed by atoms with Crippen LogP contribution in [-0.4, -0.2) is 63.4 Å². The third-order valence-corrected chi connectivity index (χ3v) is 4.48. The van der Waals surface area contributed by atoms with Crippen molar-refractivity contribution in [1.29, 1.82) is 0 Å². The molecule has 0 radical (unpaired) electrons. The smallest absolute Gasteiger partial charge is 0.241 e. The van der Waals surface area contributed by atoms with E-state index in [1.807, 2.05) is 19.1 Å². The number of aryl methyl sites for hydroxylation is 1. The first kappa shape index (κ1) is 17.1. The van der Waals surface area contributed by atoms with Gasteiger partial charge in [0.15, 0.2) is 0 Å². The molecule has 24 heavy (non-hydrogen) atoms. The summed E-state index contributed by atoms with van der Waals surface area (Å²) in [7, 11) is 0. The molecule has 0 bridgehead atoms. The second-order valence-corrected chi connectivity index (χ2v) is 6.81. The Kier molecular flexibility index (Phi) is 5.28. The van der Waals surface area contributed by atoms with Crippen LogP contribution in [0.4, 0.5) is 0 Å². The Bertz CT molecular complexity index is 653. The topological polar surface area (TPSA) is 65.6 Å². The van der Waals surface area contributed by atoms with Crippen LogP contribution in [0.5, 0.6) is 0 Å². The summed E-state index contributed by atoms with van der Waals surface area (Å²) in [6.45, 7) is 10.3. The van der Waals surface area contributed by atoms with Crippen molar-refractivity contribution >= 4 is 0 Å². The lowest BCUT2D eigenvalue weighted by atomic mass is 10.1. The van der Waals surface area contributed by atoms with Gasteiger partial charge in [0.1, 0.15) is 0 Å². The number of nitrogens with zero attached hydrogens (tertiary/aromatic N) is 4. The van der Waals surface area contributed by atoms with Gasteiger partial charge in [-0.2, -0.15) is 4.98 Å². The molecule has 6 nitrogen and oxygen atoms in total. The summed E-state index contributed by atoms with van der Waals surface area (Å²) in [5.41, 5.74) is 2.19. The number of β-amino-alcohol motifs (C(OH)–C–C–N with tert-alkyl or cyclic N) is 1. The zero-order chi connectivity index (χ0) is 17.1. The minimum atomic E-state index is -0.285. The van der Waals surface area contributed by atoms with Gasteiger partial charge in [0.2, 0.25) is 11.7 Å². The van der Waals surface area contributed by atoms with E-state index in [1.54, 1.807) is 0 Å². The summed E-state index contributed by atoms with van der Waals surface area (Å²) in [4.78, 5) is 9.18. The highest BCUT2D eigenvalue weighted by atomic mass is 16.5. The fraction of sp³-hybridized carbons (Fsp3) is 0.556. The van der Waals surface area contributed by atoms with E-state index in [4.69, 9.17) is 4.52 Å². The Morgan fingerprint density at radius 3 is 2.71 bits per heavy atom. The molecule has 1 aromatic carbocycles. The molecule has 0 spiro atoms. The third-order valence-electron chi connectivity index (χ3n) is 4.48. The molecule has 1 fully saturated rings. The van der Waals surface area contributed by atoms with Gasteiger partial charge < -0.3 is 9.63 Å². The van der Waals surface area contributed by atoms with Crippen LogP contribution in [0, 0.1) is 6.92 Å². The fourth-order valence-electron chi connectivity index (χ4n) is 3.16. The molecular weight excluding hydrogens is 304 g/mol. The molecule has 130 valence electrons. The summed E-state index contributed by atoms with van der Waals surface area (Å²) in [5, 5.41) is 13.7. The SMILES string of the molecule is Cc1ccc(-c2noc(CN3CCN(CC(C)O)C(C)C3)n2)cc1. The molecule has 1 aromatic heterocycles. The Hall–Kier alpha value is -1.76. The molecule has 2 aromatic rings. The van der Waals surface area contributed by atoms with Crippen LogP contribution in [0.3, 0.4) is 0 Å². The number of aliphatic hydroxyl groups is 1. The van der Waals surface area contributed by atoms with Crippen molar-refractivity contribution in [3.05, 3.63) is 35.7 Å². The number of aromatic nitrogens is 2. The average molecular weight is 330 g/mol. The minimum absolute atomic E-state index is 0.285. The number of benzene rings is 1. The summed E-state index contributed by atoms with van der Waals surface area (Å²) >= 11 is 0. The van der Waals surface area contributed by atoms with Crippen molar-refractivity contribution in [1.82, 2.24) is 19.9 Å². The Morgan fingerprint density at radius 1 is 1.29 bits per heavy atom. The van der Waals surface area contributed by atoms with E-state index in [2.05, 4.69) is 45.9 Å². The molecule has 1 aliphatic heterocycles. The number of hydrogen-bond donors (Lipinski definition) is 1. The normalized spacial score (nSPS) is 21.1. The van der Waals surface area contributed by atoms with Crippen LogP contribution in [0.1, 0.15) is 25.3 Å². The first-order valence-electron chi connectivity index (χ1n) is 8.55. The Labute approximate surface area is 143 Å². The van der Waals surface area contributed by atoms with Gasteiger partial charge in [0.25, 0.3) is 0 Å². The summed E-state index contributed by atoms with van der Waals surface area (Å²) in [5.74, 6) is 1.30. The van der Waals surface area contributed by atoms with Gasteiger partial charge in [0.05, 0.1) is 12.6 Å². The third kappa shape index (κ3) is 4.20. The van der Waals surface area contributed by atoms with Crippen LogP contribution < -0.4 is 0 Å². The highest BCUT2D eigenvalue weighted by Crippen LogP contribution is 2.18. The van der Waals surface area contributed by atoms with Crippen molar-refractivity contribution in [2.24, 2.45) is 0 Å². The summed E-state index contributed by atoms with van der Waals surface area (Å²) in [6, 6.07) is 8.54. The largest absolute Gasteiger partial charge is 0.392 e. The standard InChI is InChI=1S/C18H26N4O2/c1-13-4-6-16(7-5-13)18-19-17(24-20-18)12-21-8-9-22(11-15(3)23)14(2)10-21/h4-7,14-15,23H,8-12H2,1-3H3. The van der Waals surface area contributed by atoms with Gasteiger partial charge in [-0.05, 0) is 20.8 Å². The summed E-state index contributed by atoms with van der Waals surface area (Å²) in [6.07, 6.45) is -0.285. The molecule has 1 aliphatic rings. The molecule has 1 saturated heterocycles. The number of rotatable bonds is 5. The van der Waals surface area contributed by atoms with Crippen molar-refractivity contribution in [3.8, 4) is 11.4 Å². The molecule has 0 aliphatic carbocycles. The fourth-order valence-corrected chi connectivity index (χ4v) is 3.16. The van der Waals surface area contributed by atoms with E-state index >= 15 is 0 Å². The van der Waals surface area contributed by atoms with E-state index in [-0.39, 0.29) is 6.10 Å². The van der Waals surface area contributed by atoms with Crippen LogP contribution >= 0.6 is 0 Å². The molecule has 3 rings (SSSR count). The van der Waals surface area contributed by atoms with Crippen molar-refractivity contribution in [2.75, 3.05) is 26.2 Å². The predicted octanol–water partition coefficient (Wildman–Crippen LogP) is 1.93. The van der Waals surface area contributed by atoms with Crippen molar-refractivity contribution in [2.45, 2.75) is 39.5 Å². The maximum atomic E-state index is 9.56. The Balaban J connectivity index is 1.58. The second-order valence-electron chi connectivity index (χ2n) is 6.81. The van der Waals surface area contributed by atoms with Gasteiger partial charge in [-0.15, -0.1) is 0 Å². The highest BCUT2D eigenvalue weighted by Gasteiger charge is 2.25. The number of piperazine rings is 1. The molecular formula is C18H26N4O2. The van der Waals surface area contributed by atoms with Crippen LogP contribution in [0.15, 0.2) is 28.8 Å². The first-order valence-corrected chi connectivity index (χ1v) is 8.55. The zero-order valence-electron chi connectivity index (χ0n) is 14.6. The second kappa shape index (κ2) is 7.42. The van der Waals surface area contributed by atoms with E-state index in [1.165, 1.54) is 5.56 Å². The maximum Gasteiger partial charge on any atom is 0.241 e. The van der Waals surface area contributed by atoms with Crippen LogP contribution in [0.2, 0.25) is 0 Å². The van der Waals surface area contributed by atoms with E-state index < -0.39 is 0 Å². The quantitative estimate of drug-likeness (QED) is 0.904. The van der Waals surface area contributed by atoms with Gasteiger partial charge in [0, 0.05) is 37.8 Å². The maximum absolute atomic E-state index is 9.56. The number of hydrogen-bond acceptors (Lipinski definition) is 6. The summed E-state index contributed by atoms with van der Waals surface area (Å²) < 4.78 is 5.42. The van der Waals surface area contributed by atoms with Crippen molar-refractivity contribution < 1.29 is 9.63 Å². The van der Waals surface area contributed by atoms with E-state index in [9.17, 15) is 5.11 Å². The zero-order valence-corrected chi connectivity index (χ0v) is 14.6. The van der Waals surface area contributed by atoms with Crippen LogP contribution in [0.25, 0.3) is 11.4 Å².